The first-order chi connectivity index (χ1) is 8.31. The number of nitrogens with one attached hydrogen (secondary N) is 1. The predicted molar refractivity (Wildman–Crippen MR) is 65.6 cm³/mol. The second-order valence-corrected chi connectivity index (χ2v) is 3.50. The van der Waals surface area contributed by atoms with Crippen LogP contribution in [0.3, 0.4) is 0 Å². The molecule has 2 rings (SSSR count). The summed E-state index contributed by atoms with van der Waals surface area (Å²) < 4.78 is 0. The molecule has 3 nitrogen and oxygen atoms in total. The van der Waals surface area contributed by atoms with Gasteiger partial charge in [-0.25, -0.2) is 0 Å². The van der Waals surface area contributed by atoms with Gasteiger partial charge in [0.05, 0.1) is 23.3 Å². The monoisotopic (exact) mass is 219 g/mol. The van der Waals surface area contributed by atoms with Crippen LogP contribution in [0, 0.1) is 22.7 Å². The van der Waals surface area contributed by atoms with E-state index in [1.54, 1.807) is 24.3 Å². The van der Waals surface area contributed by atoms with Crippen LogP contribution in [-0.4, -0.2) is 0 Å². The number of anilines is 2. The van der Waals surface area contributed by atoms with E-state index in [0.29, 0.717) is 11.1 Å². The van der Waals surface area contributed by atoms with Gasteiger partial charge in [-0.1, -0.05) is 0 Å². The fourth-order valence-electron chi connectivity index (χ4n) is 1.42. The highest BCUT2D eigenvalue weighted by Gasteiger charge is 1.96. The standard InChI is InChI=1S/C14H9N3/c15-9-11-1-5-13(6-2-11)17-14-7-3-12(10-16)4-8-14/h1-8,17H. The molecule has 0 saturated carbocycles. The Hall–Kier alpha value is -2.78. The zero-order chi connectivity index (χ0) is 12.1. The maximum Gasteiger partial charge on any atom is 0.0991 e. The van der Waals surface area contributed by atoms with Gasteiger partial charge >= 0.3 is 0 Å². The molecule has 0 aliphatic carbocycles. The number of hydrogen-bond donors (Lipinski definition) is 1. The SMILES string of the molecule is N#Cc1ccc(Nc2ccc(C#N)cc2)cc1. The highest BCUT2D eigenvalue weighted by molar-refractivity contribution is 5.61. The summed E-state index contributed by atoms with van der Waals surface area (Å²) in [6.45, 7) is 0. The Morgan fingerprint density at radius 1 is 0.647 bits per heavy atom. The van der Waals surface area contributed by atoms with Gasteiger partial charge in [-0.2, -0.15) is 10.5 Å². The summed E-state index contributed by atoms with van der Waals surface area (Å²) in [6.07, 6.45) is 0. The zero-order valence-electron chi connectivity index (χ0n) is 9.01. The van der Waals surface area contributed by atoms with Gasteiger partial charge in [0.25, 0.3) is 0 Å². The molecule has 0 bridgehead atoms. The number of nitriles is 2. The molecule has 3 heteroatoms. The maximum absolute atomic E-state index is 8.67. The number of hydrogen-bond acceptors (Lipinski definition) is 3. The number of benzene rings is 2. The van der Waals surface area contributed by atoms with E-state index in [9.17, 15) is 0 Å². The lowest BCUT2D eigenvalue weighted by molar-refractivity contribution is 1.46. The smallest absolute Gasteiger partial charge is 0.0991 e. The summed E-state index contributed by atoms with van der Waals surface area (Å²) >= 11 is 0. The molecule has 2 aromatic rings. The average Bonchev–Trinajstić information content (AvgIpc) is 2.40. The molecule has 0 amide bonds. The zero-order valence-corrected chi connectivity index (χ0v) is 9.01. The number of rotatable bonds is 2. The third-order valence-electron chi connectivity index (χ3n) is 2.32. The summed E-state index contributed by atoms with van der Waals surface area (Å²) in [5, 5.41) is 20.5. The van der Waals surface area contributed by atoms with Gasteiger partial charge in [-0.3, -0.25) is 0 Å². The van der Waals surface area contributed by atoms with Gasteiger partial charge in [0.1, 0.15) is 0 Å². The van der Waals surface area contributed by atoms with Gasteiger partial charge in [-0.15, -0.1) is 0 Å². The molecule has 0 saturated heterocycles. The van der Waals surface area contributed by atoms with Crippen molar-refractivity contribution in [2.75, 3.05) is 5.32 Å². The summed E-state index contributed by atoms with van der Waals surface area (Å²) in [6, 6.07) is 18.5. The van der Waals surface area contributed by atoms with Crippen molar-refractivity contribution in [1.29, 1.82) is 10.5 Å². The molecular weight excluding hydrogens is 210 g/mol. The normalized spacial score (nSPS) is 9.06. The molecule has 0 fully saturated rings. The first kappa shape index (κ1) is 10.7. The lowest BCUT2D eigenvalue weighted by Gasteiger charge is -2.05. The molecule has 0 radical (unpaired) electrons. The van der Waals surface area contributed by atoms with Gasteiger partial charge in [0.15, 0.2) is 0 Å². The van der Waals surface area contributed by atoms with E-state index in [1.807, 2.05) is 24.3 Å². The number of nitrogens with zero attached hydrogens (tertiary/aromatic N) is 2. The quantitative estimate of drug-likeness (QED) is 0.843. The van der Waals surface area contributed by atoms with Gasteiger partial charge in [0.2, 0.25) is 0 Å². The minimum Gasteiger partial charge on any atom is -0.356 e. The summed E-state index contributed by atoms with van der Waals surface area (Å²) in [5.41, 5.74) is 3.09. The minimum absolute atomic E-state index is 0.635. The minimum atomic E-state index is 0.635. The Balaban J connectivity index is 2.14. The molecule has 2 aromatic carbocycles. The van der Waals surface area contributed by atoms with Crippen LogP contribution in [0.5, 0.6) is 0 Å². The molecule has 0 heterocycles. The highest BCUT2D eigenvalue weighted by Crippen LogP contribution is 2.17. The van der Waals surface area contributed by atoms with Crippen LogP contribution < -0.4 is 5.32 Å². The van der Waals surface area contributed by atoms with Crippen LogP contribution in [0.2, 0.25) is 0 Å². The largest absolute Gasteiger partial charge is 0.356 e. The first-order valence-electron chi connectivity index (χ1n) is 5.09. The summed E-state index contributed by atoms with van der Waals surface area (Å²) in [7, 11) is 0. The van der Waals surface area contributed by atoms with Crippen LogP contribution in [0.4, 0.5) is 11.4 Å². The van der Waals surface area contributed by atoms with Gasteiger partial charge < -0.3 is 5.32 Å². The van der Waals surface area contributed by atoms with E-state index in [-0.39, 0.29) is 0 Å². The molecule has 0 unspecified atom stereocenters. The van der Waals surface area contributed by atoms with Crippen molar-refractivity contribution >= 4 is 11.4 Å². The lowest BCUT2D eigenvalue weighted by Crippen LogP contribution is -1.90. The fraction of sp³-hybridized carbons (Fsp3) is 0. The fourth-order valence-corrected chi connectivity index (χ4v) is 1.42. The molecule has 0 aliphatic rings. The van der Waals surface area contributed by atoms with Crippen molar-refractivity contribution in [3.8, 4) is 12.1 Å². The molecule has 0 atom stereocenters. The third kappa shape index (κ3) is 2.62. The Morgan fingerprint density at radius 3 is 1.29 bits per heavy atom. The Kier molecular flexibility index (Phi) is 3.05. The second-order valence-electron chi connectivity index (χ2n) is 3.50. The van der Waals surface area contributed by atoms with Gasteiger partial charge in [0, 0.05) is 11.4 Å². The van der Waals surface area contributed by atoms with E-state index in [1.165, 1.54) is 0 Å². The molecule has 1 N–H and O–H groups in total. The topological polar surface area (TPSA) is 59.6 Å². The predicted octanol–water partition coefficient (Wildman–Crippen LogP) is 3.17. The van der Waals surface area contributed by atoms with Crippen LogP contribution in [0.15, 0.2) is 48.5 Å². The highest BCUT2D eigenvalue weighted by atomic mass is 14.9. The van der Waals surface area contributed by atoms with Crippen molar-refractivity contribution < 1.29 is 0 Å². The Labute approximate surface area is 99.6 Å². The Bertz CT molecular complexity index is 528. The van der Waals surface area contributed by atoms with E-state index in [2.05, 4.69) is 17.5 Å². The van der Waals surface area contributed by atoms with Crippen molar-refractivity contribution in [2.45, 2.75) is 0 Å². The van der Waals surface area contributed by atoms with Crippen LogP contribution in [0.25, 0.3) is 0 Å². The van der Waals surface area contributed by atoms with Gasteiger partial charge in [-0.05, 0) is 48.5 Å². The van der Waals surface area contributed by atoms with E-state index >= 15 is 0 Å². The van der Waals surface area contributed by atoms with Crippen molar-refractivity contribution in [3.63, 3.8) is 0 Å². The van der Waals surface area contributed by atoms with Crippen molar-refractivity contribution in [2.24, 2.45) is 0 Å². The molecule has 0 spiro atoms. The van der Waals surface area contributed by atoms with Crippen LogP contribution >= 0.6 is 0 Å². The third-order valence-corrected chi connectivity index (χ3v) is 2.32. The molecule has 17 heavy (non-hydrogen) atoms. The average molecular weight is 219 g/mol. The Morgan fingerprint density at radius 2 is 1.00 bits per heavy atom. The van der Waals surface area contributed by atoms with E-state index in [0.717, 1.165) is 11.4 Å². The summed E-state index contributed by atoms with van der Waals surface area (Å²) in [4.78, 5) is 0. The lowest BCUT2D eigenvalue weighted by atomic mass is 10.2. The summed E-state index contributed by atoms with van der Waals surface area (Å²) in [5.74, 6) is 0. The van der Waals surface area contributed by atoms with Crippen molar-refractivity contribution in [1.82, 2.24) is 0 Å². The van der Waals surface area contributed by atoms with E-state index in [4.69, 9.17) is 10.5 Å². The van der Waals surface area contributed by atoms with Crippen LogP contribution in [-0.2, 0) is 0 Å². The van der Waals surface area contributed by atoms with Crippen molar-refractivity contribution in [3.05, 3.63) is 59.7 Å². The maximum atomic E-state index is 8.67. The molecule has 80 valence electrons. The van der Waals surface area contributed by atoms with E-state index < -0.39 is 0 Å². The molecule has 0 aromatic heterocycles. The molecular formula is C14H9N3. The first-order valence-corrected chi connectivity index (χ1v) is 5.09. The molecule has 0 aliphatic heterocycles. The van der Waals surface area contributed by atoms with Crippen LogP contribution in [0.1, 0.15) is 11.1 Å². The second kappa shape index (κ2) is 4.83.